The van der Waals surface area contributed by atoms with E-state index in [-0.39, 0.29) is 12.5 Å². The zero-order chi connectivity index (χ0) is 13.8. The second-order valence-electron chi connectivity index (χ2n) is 4.78. The molecule has 0 fully saturated rings. The van der Waals surface area contributed by atoms with E-state index in [1.165, 1.54) is 12.1 Å². The molecule has 0 radical (unpaired) electrons. The maximum absolute atomic E-state index is 13.1. The summed E-state index contributed by atoms with van der Waals surface area (Å²) in [5.41, 5.74) is 2.63. The van der Waals surface area contributed by atoms with Crippen molar-refractivity contribution in [3.63, 3.8) is 0 Å². The van der Waals surface area contributed by atoms with Crippen LogP contribution in [-0.2, 0) is 6.42 Å². The van der Waals surface area contributed by atoms with Crippen molar-refractivity contribution in [3.05, 3.63) is 70.8 Å². The monoisotopic (exact) mass is 262 g/mol. The average molecular weight is 262 g/mol. The van der Waals surface area contributed by atoms with Crippen LogP contribution >= 0.6 is 0 Å². The number of hydrogen-bond donors (Lipinski definition) is 1. The molecule has 0 bridgehead atoms. The maximum atomic E-state index is 13.1. The zero-order valence-electron chi connectivity index (χ0n) is 10.7. The number of hydrogen-bond acceptors (Lipinski definition) is 1. The Hall–Kier alpha value is -1.74. The molecule has 2 aromatic carbocycles. The van der Waals surface area contributed by atoms with Crippen molar-refractivity contribution in [2.45, 2.75) is 19.3 Å². The summed E-state index contributed by atoms with van der Waals surface area (Å²) in [6.07, 6.45) is 0.411. The first-order chi connectivity index (χ1) is 9.08. The zero-order valence-corrected chi connectivity index (χ0v) is 10.7. The summed E-state index contributed by atoms with van der Waals surface area (Å²) < 4.78 is 26.3. The number of aliphatic hydroxyl groups is 1. The van der Waals surface area contributed by atoms with E-state index >= 15 is 0 Å². The molecule has 2 rings (SSSR count). The van der Waals surface area contributed by atoms with Gasteiger partial charge in [0.2, 0.25) is 0 Å². The minimum atomic E-state index is -0.587. The van der Waals surface area contributed by atoms with Crippen molar-refractivity contribution in [1.29, 1.82) is 0 Å². The van der Waals surface area contributed by atoms with Crippen molar-refractivity contribution in [3.8, 4) is 0 Å². The van der Waals surface area contributed by atoms with Crippen molar-refractivity contribution >= 4 is 0 Å². The van der Waals surface area contributed by atoms with Gasteiger partial charge in [-0.3, -0.25) is 0 Å². The first-order valence-electron chi connectivity index (χ1n) is 6.21. The molecule has 0 saturated carbocycles. The van der Waals surface area contributed by atoms with E-state index in [1.54, 1.807) is 0 Å². The third-order valence-electron chi connectivity index (χ3n) is 3.14. The molecule has 1 unspecified atom stereocenters. The number of aliphatic hydroxyl groups excluding tert-OH is 1. The first kappa shape index (κ1) is 13.7. The lowest BCUT2D eigenvalue weighted by atomic mass is 9.92. The Kier molecular flexibility index (Phi) is 4.27. The molecule has 1 N–H and O–H groups in total. The SMILES string of the molecule is Cc1cccc(C(CO)Cc2cc(F)cc(F)c2)c1. The summed E-state index contributed by atoms with van der Waals surface area (Å²) in [6.45, 7) is 1.92. The lowest BCUT2D eigenvalue weighted by molar-refractivity contribution is 0.264. The second kappa shape index (κ2) is 5.93. The Labute approximate surface area is 111 Å². The number of halogens is 2. The minimum Gasteiger partial charge on any atom is -0.396 e. The maximum Gasteiger partial charge on any atom is 0.126 e. The largest absolute Gasteiger partial charge is 0.396 e. The molecule has 1 atom stereocenters. The molecule has 3 heteroatoms. The Morgan fingerprint density at radius 3 is 2.32 bits per heavy atom. The molecule has 0 aliphatic carbocycles. The van der Waals surface area contributed by atoms with Gasteiger partial charge in [0.1, 0.15) is 11.6 Å². The van der Waals surface area contributed by atoms with Crippen LogP contribution in [0.15, 0.2) is 42.5 Å². The van der Waals surface area contributed by atoms with Crippen molar-refractivity contribution in [2.75, 3.05) is 6.61 Å². The van der Waals surface area contributed by atoms with E-state index in [2.05, 4.69) is 0 Å². The fourth-order valence-electron chi connectivity index (χ4n) is 2.23. The van der Waals surface area contributed by atoms with Crippen LogP contribution in [0, 0.1) is 18.6 Å². The van der Waals surface area contributed by atoms with E-state index in [1.807, 2.05) is 31.2 Å². The van der Waals surface area contributed by atoms with Gasteiger partial charge in [0.05, 0.1) is 6.61 Å². The second-order valence-corrected chi connectivity index (χ2v) is 4.78. The Morgan fingerprint density at radius 2 is 1.74 bits per heavy atom. The smallest absolute Gasteiger partial charge is 0.126 e. The highest BCUT2D eigenvalue weighted by Crippen LogP contribution is 2.22. The highest BCUT2D eigenvalue weighted by Gasteiger charge is 2.13. The standard InChI is InChI=1S/C16H16F2O/c1-11-3-2-4-13(5-11)14(10-19)6-12-7-15(17)9-16(18)8-12/h2-5,7-9,14,19H,6,10H2,1H3. The van der Waals surface area contributed by atoms with Gasteiger partial charge in [0, 0.05) is 12.0 Å². The fraction of sp³-hybridized carbons (Fsp3) is 0.250. The third-order valence-corrected chi connectivity index (χ3v) is 3.14. The molecule has 2 aromatic rings. The Morgan fingerprint density at radius 1 is 1.05 bits per heavy atom. The van der Waals surface area contributed by atoms with Gasteiger partial charge in [-0.25, -0.2) is 8.78 Å². The number of rotatable bonds is 4. The van der Waals surface area contributed by atoms with Crippen LogP contribution in [0.2, 0.25) is 0 Å². The molecule has 100 valence electrons. The lowest BCUT2D eigenvalue weighted by Crippen LogP contribution is -2.08. The van der Waals surface area contributed by atoms with Crippen LogP contribution in [0.25, 0.3) is 0 Å². The molecular weight excluding hydrogens is 246 g/mol. The van der Waals surface area contributed by atoms with E-state index < -0.39 is 11.6 Å². The van der Waals surface area contributed by atoms with Crippen LogP contribution in [-0.4, -0.2) is 11.7 Å². The summed E-state index contributed by atoms with van der Waals surface area (Å²) in [5, 5.41) is 9.48. The summed E-state index contributed by atoms with van der Waals surface area (Å²) in [4.78, 5) is 0. The molecule has 0 heterocycles. The van der Waals surface area contributed by atoms with Crippen LogP contribution < -0.4 is 0 Å². The van der Waals surface area contributed by atoms with Gasteiger partial charge < -0.3 is 5.11 Å². The van der Waals surface area contributed by atoms with Crippen molar-refractivity contribution < 1.29 is 13.9 Å². The minimum absolute atomic E-state index is 0.0540. The van der Waals surface area contributed by atoms with Crippen LogP contribution in [0.4, 0.5) is 8.78 Å². The van der Waals surface area contributed by atoms with Crippen LogP contribution in [0.1, 0.15) is 22.6 Å². The van der Waals surface area contributed by atoms with Crippen LogP contribution in [0.5, 0.6) is 0 Å². The molecular formula is C16H16F2O. The van der Waals surface area contributed by atoms with Gasteiger partial charge in [-0.2, -0.15) is 0 Å². The summed E-state index contributed by atoms with van der Waals surface area (Å²) >= 11 is 0. The Balaban J connectivity index is 2.23. The van der Waals surface area contributed by atoms with Gasteiger partial charge in [-0.15, -0.1) is 0 Å². The molecule has 0 aliphatic rings. The number of aryl methyl sites for hydroxylation is 1. The van der Waals surface area contributed by atoms with E-state index in [4.69, 9.17) is 0 Å². The lowest BCUT2D eigenvalue weighted by Gasteiger charge is -2.15. The molecule has 0 saturated heterocycles. The predicted octanol–water partition coefficient (Wildman–Crippen LogP) is 3.59. The molecule has 0 spiro atoms. The quantitative estimate of drug-likeness (QED) is 0.892. The highest BCUT2D eigenvalue weighted by molar-refractivity contribution is 5.28. The van der Waals surface area contributed by atoms with Crippen LogP contribution in [0.3, 0.4) is 0 Å². The summed E-state index contributed by atoms with van der Waals surface area (Å²) in [6, 6.07) is 11.3. The Bertz CT molecular complexity index is 546. The van der Waals surface area contributed by atoms with Gasteiger partial charge in [0.15, 0.2) is 0 Å². The van der Waals surface area contributed by atoms with Gasteiger partial charge >= 0.3 is 0 Å². The fourth-order valence-corrected chi connectivity index (χ4v) is 2.23. The molecule has 1 nitrogen and oxygen atoms in total. The third kappa shape index (κ3) is 3.61. The van der Waals surface area contributed by atoms with Gasteiger partial charge in [-0.1, -0.05) is 29.8 Å². The predicted molar refractivity (Wildman–Crippen MR) is 71.1 cm³/mol. The van der Waals surface area contributed by atoms with E-state index in [0.29, 0.717) is 12.0 Å². The van der Waals surface area contributed by atoms with Gasteiger partial charge in [-0.05, 0) is 36.6 Å². The topological polar surface area (TPSA) is 20.2 Å². The molecule has 0 aliphatic heterocycles. The molecule has 0 amide bonds. The molecule has 0 aromatic heterocycles. The molecule has 19 heavy (non-hydrogen) atoms. The van der Waals surface area contributed by atoms with Crippen molar-refractivity contribution in [1.82, 2.24) is 0 Å². The first-order valence-corrected chi connectivity index (χ1v) is 6.21. The summed E-state index contributed by atoms with van der Waals surface area (Å²) in [7, 11) is 0. The highest BCUT2D eigenvalue weighted by atomic mass is 19.1. The van der Waals surface area contributed by atoms with Crippen molar-refractivity contribution in [2.24, 2.45) is 0 Å². The normalized spacial score (nSPS) is 12.4. The average Bonchev–Trinajstić information content (AvgIpc) is 2.34. The van der Waals surface area contributed by atoms with E-state index in [9.17, 15) is 13.9 Å². The number of benzene rings is 2. The summed E-state index contributed by atoms with van der Waals surface area (Å²) in [5.74, 6) is -1.33. The van der Waals surface area contributed by atoms with E-state index in [0.717, 1.165) is 17.2 Å². The van der Waals surface area contributed by atoms with Gasteiger partial charge in [0.25, 0.3) is 0 Å².